The average molecular weight is 434 g/mol. The molecule has 2 atom stereocenters. The van der Waals surface area contributed by atoms with Crippen LogP contribution in [0.1, 0.15) is 39.5 Å². The highest BCUT2D eigenvalue weighted by molar-refractivity contribution is 6.31. The van der Waals surface area contributed by atoms with Gasteiger partial charge in [-0.3, -0.25) is 9.59 Å². The molecule has 3 heterocycles. The molecule has 0 aliphatic carbocycles. The van der Waals surface area contributed by atoms with E-state index in [0.717, 1.165) is 43.8 Å². The van der Waals surface area contributed by atoms with Gasteiger partial charge in [0.1, 0.15) is 11.9 Å². The number of fused-ring (bicyclic) bond motifs is 1. The van der Waals surface area contributed by atoms with Gasteiger partial charge in [-0.05, 0) is 56.7 Å². The predicted molar refractivity (Wildman–Crippen MR) is 118 cm³/mol. The average Bonchev–Trinajstić information content (AvgIpc) is 2.74. The lowest BCUT2D eigenvalue weighted by Gasteiger charge is -2.39. The zero-order chi connectivity index (χ0) is 21.3. The lowest BCUT2D eigenvalue weighted by molar-refractivity contribution is -0.141. The zero-order valence-corrected chi connectivity index (χ0v) is 18.7. The Hall–Kier alpha value is -1.95. The molecular formula is C23H32ClN3O3. The molecule has 3 aliphatic rings. The van der Waals surface area contributed by atoms with Gasteiger partial charge in [-0.2, -0.15) is 0 Å². The minimum atomic E-state index is 0.0155. The van der Waals surface area contributed by atoms with Crippen molar-refractivity contribution in [2.75, 3.05) is 44.2 Å². The number of hydrogen-bond donors (Lipinski definition) is 0. The Balaban J connectivity index is 1.33. The van der Waals surface area contributed by atoms with E-state index in [1.54, 1.807) is 0 Å². The second-order valence-electron chi connectivity index (χ2n) is 9.11. The van der Waals surface area contributed by atoms with Gasteiger partial charge in [-0.25, -0.2) is 0 Å². The first-order valence-corrected chi connectivity index (χ1v) is 11.6. The molecule has 0 aromatic heterocycles. The van der Waals surface area contributed by atoms with Crippen molar-refractivity contribution in [3.63, 3.8) is 0 Å². The van der Waals surface area contributed by atoms with Crippen molar-refractivity contribution in [2.45, 2.75) is 45.6 Å². The summed E-state index contributed by atoms with van der Waals surface area (Å²) >= 11 is 6.17. The van der Waals surface area contributed by atoms with Crippen molar-refractivity contribution in [2.24, 2.45) is 11.8 Å². The molecule has 4 rings (SSSR count). The molecule has 7 heteroatoms. The molecule has 2 unspecified atom stereocenters. The summed E-state index contributed by atoms with van der Waals surface area (Å²) in [4.78, 5) is 31.9. The minimum absolute atomic E-state index is 0.0155. The first kappa shape index (κ1) is 21.3. The second-order valence-corrected chi connectivity index (χ2v) is 9.54. The van der Waals surface area contributed by atoms with Gasteiger partial charge in [-0.1, -0.05) is 18.5 Å². The van der Waals surface area contributed by atoms with E-state index in [0.29, 0.717) is 43.0 Å². The third kappa shape index (κ3) is 4.69. The number of nitrogens with zero attached hydrogens (tertiary/aromatic N) is 3. The molecule has 3 aliphatic heterocycles. The molecular weight excluding hydrogens is 402 g/mol. The molecule has 1 aromatic carbocycles. The minimum Gasteiger partial charge on any atom is -0.487 e. The fourth-order valence-electron chi connectivity index (χ4n) is 4.94. The number of hydrogen-bond acceptors (Lipinski definition) is 4. The molecule has 2 fully saturated rings. The highest BCUT2D eigenvalue weighted by Gasteiger charge is 2.33. The SMILES string of the molecule is CC1CCCN(C(=O)C2CCN(C(=O)CN3CC(C)Oc4ccc(Cl)cc43)CC2)C1. The summed E-state index contributed by atoms with van der Waals surface area (Å²) in [7, 11) is 0. The van der Waals surface area contributed by atoms with Gasteiger partial charge >= 0.3 is 0 Å². The Morgan fingerprint density at radius 3 is 2.57 bits per heavy atom. The van der Waals surface area contributed by atoms with E-state index in [-0.39, 0.29) is 17.9 Å². The van der Waals surface area contributed by atoms with Crippen molar-refractivity contribution in [3.05, 3.63) is 23.2 Å². The summed E-state index contributed by atoms with van der Waals surface area (Å²) < 4.78 is 5.88. The van der Waals surface area contributed by atoms with Gasteiger partial charge in [0.05, 0.1) is 18.8 Å². The maximum atomic E-state index is 13.0. The Labute approximate surface area is 184 Å². The van der Waals surface area contributed by atoms with Crippen LogP contribution in [0, 0.1) is 11.8 Å². The molecule has 0 bridgehead atoms. The van der Waals surface area contributed by atoms with Crippen molar-refractivity contribution in [1.29, 1.82) is 0 Å². The van der Waals surface area contributed by atoms with Crippen LogP contribution >= 0.6 is 11.6 Å². The number of ether oxygens (including phenoxy) is 1. The summed E-state index contributed by atoms with van der Waals surface area (Å²) in [6.45, 7) is 8.27. The second kappa shape index (κ2) is 9.04. The fraction of sp³-hybridized carbons (Fsp3) is 0.652. The van der Waals surface area contributed by atoms with Crippen LogP contribution in [-0.4, -0.2) is 67.0 Å². The summed E-state index contributed by atoms with van der Waals surface area (Å²) in [6, 6.07) is 5.53. The lowest BCUT2D eigenvalue weighted by Crippen LogP contribution is -2.50. The van der Waals surface area contributed by atoms with E-state index in [4.69, 9.17) is 16.3 Å². The molecule has 164 valence electrons. The van der Waals surface area contributed by atoms with Crippen molar-refractivity contribution in [1.82, 2.24) is 9.80 Å². The van der Waals surface area contributed by atoms with Gasteiger partial charge in [0.15, 0.2) is 0 Å². The number of rotatable bonds is 3. The maximum Gasteiger partial charge on any atom is 0.242 e. The maximum absolute atomic E-state index is 13.0. The van der Waals surface area contributed by atoms with E-state index >= 15 is 0 Å². The van der Waals surface area contributed by atoms with Gasteiger partial charge in [0.2, 0.25) is 11.8 Å². The van der Waals surface area contributed by atoms with E-state index < -0.39 is 0 Å². The Morgan fingerprint density at radius 1 is 1.07 bits per heavy atom. The first-order chi connectivity index (χ1) is 14.4. The molecule has 30 heavy (non-hydrogen) atoms. The molecule has 0 saturated carbocycles. The van der Waals surface area contributed by atoms with Gasteiger partial charge in [0.25, 0.3) is 0 Å². The summed E-state index contributed by atoms with van der Waals surface area (Å²) in [5.74, 6) is 1.82. The van der Waals surface area contributed by atoms with Crippen LogP contribution in [0.15, 0.2) is 18.2 Å². The van der Waals surface area contributed by atoms with Crippen LogP contribution in [0.2, 0.25) is 5.02 Å². The lowest BCUT2D eigenvalue weighted by atomic mass is 9.92. The van der Waals surface area contributed by atoms with Crippen molar-refractivity contribution in [3.8, 4) is 5.75 Å². The van der Waals surface area contributed by atoms with Crippen LogP contribution < -0.4 is 9.64 Å². The van der Waals surface area contributed by atoms with Gasteiger partial charge in [-0.15, -0.1) is 0 Å². The summed E-state index contributed by atoms with van der Waals surface area (Å²) in [6.07, 6.45) is 3.86. The fourth-order valence-corrected chi connectivity index (χ4v) is 5.10. The zero-order valence-electron chi connectivity index (χ0n) is 18.0. The molecule has 0 spiro atoms. The molecule has 1 aromatic rings. The largest absolute Gasteiger partial charge is 0.487 e. The number of carbonyl (C=O) groups excluding carboxylic acids is 2. The Bertz CT molecular complexity index is 794. The summed E-state index contributed by atoms with van der Waals surface area (Å²) in [5, 5.41) is 0.635. The molecule has 0 N–H and O–H groups in total. The third-order valence-electron chi connectivity index (χ3n) is 6.56. The molecule has 6 nitrogen and oxygen atoms in total. The van der Waals surface area contributed by atoms with E-state index in [1.165, 1.54) is 6.42 Å². The molecule has 0 radical (unpaired) electrons. The number of amides is 2. The smallest absolute Gasteiger partial charge is 0.242 e. The molecule has 2 amide bonds. The first-order valence-electron chi connectivity index (χ1n) is 11.2. The number of anilines is 1. The Kier molecular flexibility index (Phi) is 6.42. The van der Waals surface area contributed by atoms with Crippen LogP contribution in [0.4, 0.5) is 5.69 Å². The van der Waals surface area contributed by atoms with Gasteiger partial charge < -0.3 is 19.4 Å². The quantitative estimate of drug-likeness (QED) is 0.732. The standard InChI is InChI=1S/C23H32ClN3O3/c1-16-4-3-9-26(13-16)23(29)18-7-10-25(11-8-18)22(28)15-27-14-17(2)30-21-6-5-19(24)12-20(21)27/h5-6,12,16-18H,3-4,7-11,13-15H2,1-2H3. The normalized spacial score (nSPS) is 25.0. The van der Waals surface area contributed by atoms with Gasteiger partial charge in [0, 0.05) is 37.1 Å². The van der Waals surface area contributed by atoms with E-state index in [1.807, 2.05) is 34.9 Å². The van der Waals surface area contributed by atoms with Crippen LogP contribution in [-0.2, 0) is 9.59 Å². The van der Waals surface area contributed by atoms with E-state index in [9.17, 15) is 9.59 Å². The number of benzene rings is 1. The van der Waals surface area contributed by atoms with Crippen molar-refractivity contribution >= 4 is 29.1 Å². The van der Waals surface area contributed by atoms with E-state index in [2.05, 4.69) is 11.8 Å². The van der Waals surface area contributed by atoms with Crippen LogP contribution in [0.5, 0.6) is 5.75 Å². The Morgan fingerprint density at radius 2 is 1.83 bits per heavy atom. The monoisotopic (exact) mass is 433 g/mol. The topological polar surface area (TPSA) is 53.1 Å². The highest BCUT2D eigenvalue weighted by atomic mass is 35.5. The molecule has 2 saturated heterocycles. The van der Waals surface area contributed by atoms with Crippen LogP contribution in [0.3, 0.4) is 0 Å². The number of carbonyl (C=O) groups is 2. The van der Waals surface area contributed by atoms with Crippen molar-refractivity contribution < 1.29 is 14.3 Å². The number of halogens is 1. The number of likely N-dealkylation sites (tertiary alicyclic amines) is 2. The third-order valence-corrected chi connectivity index (χ3v) is 6.79. The predicted octanol–water partition coefficient (Wildman–Crippen LogP) is 3.42. The van der Waals surface area contributed by atoms with Crippen LogP contribution in [0.25, 0.3) is 0 Å². The highest BCUT2D eigenvalue weighted by Crippen LogP contribution is 2.35. The number of piperidine rings is 2. The summed E-state index contributed by atoms with van der Waals surface area (Å²) in [5.41, 5.74) is 0.873.